The Hall–Kier alpha value is -2.83. The minimum Gasteiger partial charge on any atom is -0.454 e. The van der Waals surface area contributed by atoms with Gasteiger partial charge in [-0.15, -0.1) is 0 Å². The van der Waals surface area contributed by atoms with E-state index < -0.39 is 0 Å². The lowest BCUT2D eigenvalue weighted by atomic mass is 9.89. The van der Waals surface area contributed by atoms with Gasteiger partial charge in [-0.3, -0.25) is 14.3 Å². The maximum absolute atomic E-state index is 13.0. The van der Waals surface area contributed by atoms with E-state index in [1.165, 1.54) is 0 Å². The van der Waals surface area contributed by atoms with Crippen molar-refractivity contribution in [3.63, 3.8) is 0 Å². The molecule has 2 aromatic rings. The van der Waals surface area contributed by atoms with Crippen LogP contribution in [0.5, 0.6) is 11.5 Å². The molecule has 0 unspecified atom stereocenters. The van der Waals surface area contributed by atoms with Crippen molar-refractivity contribution in [2.45, 2.75) is 39.5 Å². The van der Waals surface area contributed by atoms with Crippen LogP contribution in [0.4, 0.5) is 0 Å². The number of aromatic nitrogens is 2. The number of ether oxygens (including phenoxy) is 2. The number of likely N-dealkylation sites (tertiary alicyclic amines) is 1. The summed E-state index contributed by atoms with van der Waals surface area (Å²) >= 11 is 0. The molecule has 0 aliphatic carbocycles. The summed E-state index contributed by atoms with van der Waals surface area (Å²) in [5.74, 6) is 1.29. The maximum Gasteiger partial charge on any atom is 0.231 e. The Morgan fingerprint density at radius 2 is 2.00 bits per heavy atom. The molecule has 29 heavy (non-hydrogen) atoms. The van der Waals surface area contributed by atoms with Gasteiger partial charge >= 0.3 is 0 Å². The molecule has 7 heteroatoms. The molecule has 0 spiro atoms. The van der Waals surface area contributed by atoms with E-state index in [1.807, 2.05) is 30.5 Å². The van der Waals surface area contributed by atoms with E-state index in [-0.39, 0.29) is 24.4 Å². The number of ketones is 1. The number of amides is 1. The van der Waals surface area contributed by atoms with Crippen molar-refractivity contribution in [1.29, 1.82) is 0 Å². The number of piperidine rings is 1. The zero-order valence-corrected chi connectivity index (χ0v) is 17.2. The highest BCUT2D eigenvalue weighted by Gasteiger charge is 2.30. The molecular formula is C22H27N3O4. The molecule has 2 aliphatic rings. The van der Waals surface area contributed by atoms with Crippen LogP contribution < -0.4 is 9.47 Å². The third-order valence-corrected chi connectivity index (χ3v) is 6.05. The van der Waals surface area contributed by atoms with Crippen molar-refractivity contribution in [1.82, 2.24) is 14.7 Å². The molecule has 1 saturated heterocycles. The topological polar surface area (TPSA) is 73.7 Å². The zero-order valence-electron chi connectivity index (χ0n) is 17.2. The summed E-state index contributed by atoms with van der Waals surface area (Å²) < 4.78 is 12.6. The normalized spacial score (nSPS) is 18.2. The molecule has 0 bridgehead atoms. The van der Waals surface area contributed by atoms with Crippen LogP contribution in [0, 0.1) is 19.8 Å². The van der Waals surface area contributed by atoms with E-state index in [0.29, 0.717) is 36.4 Å². The SMILES string of the molecule is Cc1nn(C)c(C)c1CCC(=O)N1CCC[C@H](C(=O)c2ccc3c(c2)OCO3)C1. The molecule has 7 nitrogen and oxygen atoms in total. The van der Waals surface area contributed by atoms with Gasteiger partial charge in [0.2, 0.25) is 12.7 Å². The van der Waals surface area contributed by atoms with E-state index in [2.05, 4.69) is 5.10 Å². The number of Topliss-reactive ketones (excluding diaryl/α,β-unsaturated/α-hetero) is 1. The first-order valence-corrected chi connectivity index (χ1v) is 10.1. The van der Waals surface area contributed by atoms with Gasteiger partial charge in [0, 0.05) is 43.7 Å². The molecule has 4 rings (SSSR count). The number of fused-ring (bicyclic) bond motifs is 1. The number of carbonyl (C=O) groups excluding carboxylic acids is 2. The van der Waals surface area contributed by atoms with Gasteiger partial charge in [0.25, 0.3) is 0 Å². The van der Waals surface area contributed by atoms with Crippen LogP contribution in [-0.4, -0.2) is 46.3 Å². The van der Waals surface area contributed by atoms with Crippen molar-refractivity contribution >= 4 is 11.7 Å². The first-order valence-electron chi connectivity index (χ1n) is 10.1. The van der Waals surface area contributed by atoms with E-state index in [4.69, 9.17) is 9.47 Å². The molecule has 0 N–H and O–H groups in total. The summed E-state index contributed by atoms with van der Waals surface area (Å²) in [6.45, 7) is 5.40. The molecule has 0 saturated carbocycles. The van der Waals surface area contributed by atoms with Gasteiger partial charge in [-0.05, 0) is 56.9 Å². The van der Waals surface area contributed by atoms with Crippen molar-refractivity contribution < 1.29 is 19.1 Å². The van der Waals surface area contributed by atoms with Crippen LogP contribution in [0.25, 0.3) is 0 Å². The van der Waals surface area contributed by atoms with E-state index in [9.17, 15) is 9.59 Å². The molecule has 1 fully saturated rings. The number of nitrogens with zero attached hydrogens (tertiary/aromatic N) is 3. The number of aryl methyl sites for hydroxylation is 2. The third kappa shape index (κ3) is 3.86. The summed E-state index contributed by atoms with van der Waals surface area (Å²) in [5, 5.41) is 4.42. The lowest BCUT2D eigenvalue weighted by Gasteiger charge is -2.32. The van der Waals surface area contributed by atoms with E-state index in [0.717, 1.165) is 36.3 Å². The van der Waals surface area contributed by atoms with Crippen LogP contribution in [-0.2, 0) is 18.3 Å². The summed E-state index contributed by atoms with van der Waals surface area (Å²) in [6.07, 6.45) is 2.77. The van der Waals surface area contributed by atoms with E-state index in [1.54, 1.807) is 18.2 Å². The molecule has 3 heterocycles. The molecule has 2 aliphatic heterocycles. The monoisotopic (exact) mass is 397 g/mol. The number of rotatable bonds is 5. The summed E-state index contributed by atoms with van der Waals surface area (Å²) in [5.41, 5.74) is 3.85. The van der Waals surface area contributed by atoms with Crippen LogP contribution in [0.1, 0.15) is 46.6 Å². The second kappa shape index (κ2) is 7.89. The van der Waals surface area contributed by atoms with Gasteiger partial charge in [0.15, 0.2) is 17.3 Å². The molecule has 1 amide bonds. The second-order valence-electron chi connectivity index (χ2n) is 7.88. The Kier molecular flexibility index (Phi) is 5.30. The highest BCUT2D eigenvalue weighted by molar-refractivity contribution is 5.99. The molecule has 1 atom stereocenters. The standard InChI is InChI=1S/C22H27N3O4/c1-14-18(15(2)24(3)23-14)7-9-21(26)25-10-4-5-17(12-25)22(27)16-6-8-19-20(11-16)29-13-28-19/h6,8,11,17H,4-5,7,9-10,12-13H2,1-3H3/t17-/m0/s1. The number of benzene rings is 1. The van der Waals surface area contributed by atoms with Crippen molar-refractivity contribution in [2.75, 3.05) is 19.9 Å². The molecular weight excluding hydrogens is 370 g/mol. The van der Waals surface area contributed by atoms with Gasteiger partial charge in [-0.2, -0.15) is 5.10 Å². The third-order valence-electron chi connectivity index (χ3n) is 6.05. The van der Waals surface area contributed by atoms with Crippen LogP contribution in [0.2, 0.25) is 0 Å². The largest absolute Gasteiger partial charge is 0.454 e. The van der Waals surface area contributed by atoms with Crippen molar-refractivity contribution in [2.24, 2.45) is 13.0 Å². The number of hydrogen-bond acceptors (Lipinski definition) is 5. The predicted molar refractivity (Wildman–Crippen MR) is 107 cm³/mol. The van der Waals surface area contributed by atoms with E-state index >= 15 is 0 Å². The Bertz CT molecular complexity index is 950. The Morgan fingerprint density at radius 3 is 2.76 bits per heavy atom. The second-order valence-corrected chi connectivity index (χ2v) is 7.88. The number of carbonyl (C=O) groups is 2. The van der Waals surface area contributed by atoms with Gasteiger partial charge in [-0.1, -0.05) is 0 Å². The molecule has 1 aromatic carbocycles. The lowest BCUT2D eigenvalue weighted by Crippen LogP contribution is -2.42. The highest BCUT2D eigenvalue weighted by atomic mass is 16.7. The maximum atomic E-state index is 13.0. The summed E-state index contributed by atoms with van der Waals surface area (Å²) in [4.78, 5) is 27.7. The Labute approximate surface area is 170 Å². The molecule has 1 aromatic heterocycles. The highest BCUT2D eigenvalue weighted by Crippen LogP contribution is 2.34. The fourth-order valence-electron chi connectivity index (χ4n) is 4.27. The smallest absolute Gasteiger partial charge is 0.231 e. The van der Waals surface area contributed by atoms with Gasteiger partial charge < -0.3 is 14.4 Å². The number of hydrogen-bond donors (Lipinski definition) is 0. The van der Waals surface area contributed by atoms with Crippen LogP contribution in [0.15, 0.2) is 18.2 Å². The first-order chi connectivity index (χ1) is 13.9. The summed E-state index contributed by atoms with van der Waals surface area (Å²) in [6, 6.07) is 5.31. The quantitative estimate of drug-likeness (QED) is 0.726. The lowest BCUT2D eigenvalue weighted by molar-refractivity contribution is -0.132. The first kappa shape index (κ1) is 19.5. The predicted octanol–water partition coefficient (Wildman–Crippen LogP) is 2.82. The molecule has 0 radical (unpaired) electrons. The van der Waals surface area contributed by atoms with Crippen LogP contribution >= 0.6 is 0 Å². The van der Waals surface area contributed by atoms with Gasteiger partial charge in [0.05, 0.1) is 5.69 Å². The van der Waals surface area contributed by atoms with Crippen molar-refractivity contribution in [3.05, 3.63) is 40.7 Å². The van der Waals surface area contributed by atoms with Gasteiger partial charge in [-0.25, -0.2) is 0 Å². The summed E-state index contributed by atoms with van der Waals surface area (Å²) in [7, 11) is 1.92. The minimum atomic E-state index is -0.171. The Morgan fingerprint density at radius 1 is 1.21 bits per heavy atom. The van der Waals surface area contributed by atoms with Gasteiger partial charge in [0.1, 0.15) is 0 Å². The van der Waals surface area contributed by atoms with Crippen LogP contribution in [0.3, 0.4) is 0 Å². The fourth-order valence-corrected chi connectivity index (χ4v) is 4.27. The fraction of sp³-hybridized carbons (Fsp3) is 0.500. The molecule has 154 valence electrons. The zero-order chi connectivity index (χ0) is 20.5. The minimum absolute atomic E-state index is 0.0692. The average molecular weight is 397 g/mol. The Balaban J connectivity index is 1.38. The average Bonchev–Trinajstić information content (AvgIpc) is 3.29. The van der Waals surface area contributed by atoms with Crippen molar-refractivity contribution in [3.8, 4) is 11.5 Å².